The molecule has 86 valence electrons. The predicted octanol–water partition coefficient (Wildman–Crippen LogP) is 3.57. The van der Waals surface area contributed by atoms with Crippen molar-refractivity contribution in [2.75, 3.05) is 6.54 Å². The molecule has 2 rings (SSSR count). The van der Waals surface area contributed by atoms with Crippen molar-refractivity contribution < 1.29 is 0 Å². The third-order valence-electron chi connectivity index (χ3n) is 2.77. The van der Waals surface area contributed by atoms with Gasteiger partial charge in [-0.05, 0) is 59.9 Å². The zero-order valence-electron chi connectivity index (χ0n) is 9.51. The van der Waals surface area contributed by atoms with Gasteiger partial charge < -0.3 is 5.73 Å². The Morgan fingerprint density at radius 2 is 2.19 bits per heavy atom. The SMILES string of the molecule is Cc1cc(Br)c2nc(CCCN)sc2c1C. The van der Waals surface area contributed by atoms with Crippen LogP contribution in [0.25, 0.3) is 10.2 Å². The average molecular weight is 299 g/mol. The lowest BCUT2D eigenvalue weighted by atomic mass is 10.1. The van der Waals surface area contributed by atoms with Crippen LogP contribution in [-0.2, 0) is 6.42 Å². The van der Waals surface area contributed by atoms with Crippen LogP contribution in [0.15, 0.2) is 10.5 Å². The van der Waals surface area contributed by atoms with Gasteiger partial charge in [0, 0.05) is 10.9 Å². The molecule has 2 nitrogen and oxygen atoms in total. The zero-order valence-corrected chi connectivity index (χ0v) is 11.9. The smallest absolute Gasteiger partial charge is 0.0960 e. The zero-order chi connectivity index (χ0) is 11.7. The first-order valence-electron chi connectivity index (χ1n) is 5.38. The van der Waals surface area contributed by atoms with Crippen LogP contribution in [0.3, 0.4) is 0 Å². The van der Waals surface area contributed by atoms with E-state index in [1.807, 2.05) is 0 Å². The highest BCUT2D eigenvalue weighted by atomic mass is 79.9. The highest BCUT2D eigenvalue weighted by Gasteiger charge is 2.11. The largest absolute Gasteiger partial charge is 0.330 e. The van der Waals surface area contributed by atoms with Gasteiger partial charge in [-0.15, -0.1) is 11.3 Å². The quantitative estimate of drug-likeness (QED) is 0.941. The van der Waals surface area contributed by atoms with Gasteiger partial charge in [0.15, 0.2) is 0 Å². The van der Waals surface area contributed by atoms with Gasteiger partial charge in [-0.3, -0.25) is 0 Å². The molecule has 0 aliphatic rings. The summed E-state index contributed by atoms with van der Waals surface area (Å²) in [6, 6.07) is 2.14. The fraction of sp³-hybridized carbons (Fsp3) is 0.417. The minimum absolute atomic E-state index is 0.731. The van der Waals surface area contributed by atoms with Gasteiger partial charge in [-0.25, -0.2) is 4.98 Å². The van der Waals surface area contributed by atoms with Gasteiger partial charge in [0.1, 0.15) is 0 Å². The molecule has 0 bridgehead atoms. The van der Waals surface area contributed by atoms with Crippen molar-refractivity contribution in [3.63, 3.8) is 0 Å². The van der Waals surface area contributed by atoms with Gasteiger partial charge in [-0.1, -0.05) is 0 Å². The Balaban J connectivity index is 2.52. The molecule has 16 heavy (non-hydrogen) atoms. The number of halogens is 1. The second-order valence-electron chi connectivity index (χ2n) is 3.98. The maximum atomic E-state index is 5.52. The van der Waals surface area contributed by atoms with Gasteiger partial charge in [-0.2, -0.15) is 0 Å². The number of thiazole rings is 1. The summed E-state index contributed by atoms with van der Waals surface area (Å²) >= 11 is 5.38. The number of aryl methyl sites for hydroxylation is 3. The Morgan fingerprint density at radius 3 is 2.88 bits per heavy atom. The first kappa shape index (κ1) is 12.0. The first-order valence-corrected chi connectivity index (χ1v) is 6.99. The summed E-state index contributed by atoms with van der Waals surface area (Å²) in [6.45, 7) is 5.03. The maximum absolute atomic E-state index is 5.52. The summed E-state index contributed by atoms with van der Waals surface area (Å²) in [5, 5.41) is 1.19. The summed E-state index contributed by atoms with van der Waals surface area (Å²) in [6.07, 6.45) is 2.00. The van der Waals surface area contributed by atoms with Crippen LogP contribution in [0.2, 0.25) is 0 Å². The highest BCUT2D eigenvalue weighted by molar-refractivity contribution is 9.10. The number of rotatable bonds is 3. The lowest BCUT2D eigenvalue weighted by Gasteiger charge is -2.01. The third-order valence-corrected chi connectivity index (χ3v) is 4.61. The van der Waals surface area contributed by atoms with E-state index in [-0.39, 0.29) is 0 Å². The van der Waals surface area contributed by atoms with E-state index >= 15 is 0 Å². The Hall–Kier alpha value is -0.450. The molecule has 2 aromatic rings. The van der Waals surface area contributed by atoms with E-state index in [0.29, 0.717) is 0 Å². The number of nitrogens with two attached hydrogens (primary N) is 1. The molecule has 0 amide bonds. The maximum Gasteiger partial charge on any atom is 0.0960 e. The van der Waals surface area contributed by atoms with Gasteiger partial charge in [0.25, 0.3) is 0 Å². The fourth-order valence-corrected chi connectivity index (χ4v) is 3.63. The molecule has 0 atom stereocenters. The van der Waals surface area contributed by atoms with E-state index in [1.165, 1.54) is 20.8 Å². The Kier molecular flexibility index (Phi) is 3.62. The van der Waals surface area contributed by atoms with Crippen LogP contribution in [0, 0.1) is 13.8 Å². The molecule has 0 spiro atoms. The summed E-state index contributed by atoms with van der Waals surface area (Å²) in [5.41, 5.74) is 9.28. The lowest BCUT2D eigenvalue weighted by Crippen LogP contribution is -1.99. The summed E-state index contributed by atoms with van der Waals surface area (Å²) in [5.74, 6) is 0. The number of benzene rings is 1. The normalized spacial score (nSPS) is 11.2. The molecule has 1 aromatic carbocycles. The lowest BCUT2D eigenvalue weighted by molar-refractivity contribution is 0.828. The minimum atomic E-state index is 0.731. The van der Waals surface area contributed by atoms with Crippen LogP contribution in [0.5, 0.6) is 0 Å². The average Bonchev–Trinajstić information content (AvgIpc) is 2.68. The van der Waals surface area contributed by atoms with Crippen molar-refractivity contribution in [1.82, 2.24) is 4.98 Å². The Labute approximate surface area is 108 Å². The molecule has 1 heterocycles. The van der Waals surface area contributed by atoms with Crippen molar-refractivity contribution in [2.24, 2.45) is 5.73 Å². The van der Waals surface area contributed by atoms with Crippen molar-refractivity contribution in [3.05, 3.63) is 26.7 Å². The van der Waals surface area contributed by atoms with Crippen molar-refractivity contribution in [2.45, 2.75) is 26.7 Å². The monoisotopic (exact) mass is 298 g/mol. The highest BCUT2D eigenvalue weighted by Crippen LogP contribution is 2.33. The molecular formula is C12H15BrN2S. The van der Waals surface area contributed by atoms with Crippen molar-refractivity contribution in [3.8, 4) is 0 Å². The topological polar surface area (TPSA) is 38.9 Å². The minimum Gasteiger partial charge on any atom is -0.330 e. The number of nitrogens with zero attached hydrogens (tertiary/aromatic N) is 1. The molecule has 0 aliphatic heterocycles. The summed E-state index contributed by atoms with van der Waals surface area (Å²) in [4.78, 5) is 4.67. The van der Waals surface area contributed by atoms with Crippen LogP contribution >= 0.6 is 27.3 Å². The second kappa shape index (κ2) is 4.82. The van der Waals surface area contributed by atoms with Crippen molar-refractivity contribution >= 4 is 37.5 Å². The number of hydrogen-bond acceptors (Lipinski definition) is 3. The summed E-state index contributed by atoms with van der Waals surface area (Å²) < 4.78 is 2.40. The predicted molar refractivity (Wildman–Crippen MR) is 74.2 cm³/mol. The molecule has 0 saturated heterocycles. The molecule has 0 aliphatic carbocycles. The van der Waals surface area contributed by atoms with Crippen LogP contribution in [0.4, 0.5) is 0 Å². The van der Waals surface area contributed by atoms with E-state index in [4.69, 9.17) is 5.73 Å². The first-order chi connectivity index (χ1) is 7.63. The molecule has 0 fully saturated rings. The van der Waals surface area contributed by atoms with E-state index in [1.54, 1.807) is 11.3 Å². The van der Waals surface area contributed by atoms with E-state index in [9.17, 15) is 0 Å². The molecule has 2 N–H and O–H groups in total. The number of aromatic nitrogens is 1. The second-order valence-corrected chi connectivity index (χ2v) is 5.92. The molecular weight excluding hydrogens is 284 g/mol. The third kappa shape index (κ3) is 2.14. The fourth-order valence-electron chi connectivity index (χ4n) is 1.69. The van der Waals surface area contributed by atoms with Crippen LogP contribution in [-0.4, -0.2) is 11.5 Å². The number of fused-ring (bicyclic) bond motifs is 1. The Morgan fingerprint density at radius 1 is 1.44 bits per heavy atom. The van der Waals surface area contributed by atoms with Gasteiger partial charge in [0.05, 0.1) is 15.2 Å². The molecule has 0 unspecified atom stereocenters. The molecule has 0 saturated carbocycles. The number of hydrogen-bond donors (Lipinski definition) is 1. The van der Waals surface area contributed by atoms with Crippen LogP contribution < -0.4 is 5.73 Å². The molecule has 1 aromatic heterocycles. The van der Waals surface area contributed by atoms with Crippen LogP contribution in [0.1, 0.15) is 22.6 Å². The van der Waals surface area contributed by atoms with E-state index in [0.717, 1.165) is 29.4 Å². The van der Waals surface area contributed by atoms with Gasteiger partial charge in [0.2, 0.25) is 0 Å². The molecule has 4 heteroatoms. The van der Waals surface area contributed by atoms with E-state index in [2.05, 4.69) is 40.8 Å². The van der Waals surface area contributed by atoms with E-state index < -0.39 is 0 Å². The van der Waals surface area contributed by atoms with Crippen molar-refractivity contribution in [1.29, 1.82) is 0 Å². The summed E-state index contributed by atoms with van der Waals surface area (Å²) in [7, 11) is 0. The van der Waals surface area contributed by atoms with Gasteiger partial charge >= 0.3 is 0 Å². The standard InChI is InChI=1S/C12H15BrN2S/c1-7-6-9(13)11-12(8(7)2)16-10(15-11)4-3-5-14/h6H,3-5,14H2,1-2H3. The Bertz CT molecular complexity index is 519. The molecule has 0 radical (unpaired) electrons.